The zero-order valence-corrected chi connectivity index (χ0v) is 12.0. The predicted octanol–water partition coefficient (Wildman–Crippen LogP) is 4.51. The van der Waals surface area contributed by atoms with Crippen molar-refractivity contribution in [2.45, 2.75) is 32.1 Å². The summed E-state index contributed by atoms with van der Waals surface area (Å²) in [6.45, 7) is 0.524. The third kappa shape index (κ3) is 3.42. The molecule has 0 atom stereocenters. The molecule has 0 amide bonds. The lowest BCUT2D eigenvalue weighted by Gasteiger charge is -2.24. The van der Waals surface area contributed by atoms with Crippen molar-refractivity contribution in [1.82, 2.24) is 0 Å². The van der Waals surface area contributed by atoms with Gasteiger partial charge in [-0.2, -0.15) is 0 Å². The fraction of sp³-hybridized carbons (Fsp3) is 0.467. The average molecular weight is 312 g/mol. The fourth-order valence-corrected chi connectivity index (χ4v) is 3.02. The summed E-state index contributed by atoms with van der Waals surface area (Å²) in [5.74, 6) is 0.363. The SMILES string of the molecule is NCC(=Cc1cc(Br)ccc1F)C1CCCCC1. The predicted molar refractivity (Wildman–Crippen MR) is 77.7 cm³/mol. The molecule has 98 valence electrons. The molecule has 0 aromatic heterocycles. The number of nitrogens with two attached hydrogens (primary N) is 1. The third-order valence-corrected chi connectivity index (χ3v) is 4.16. The van der Waals surface area contributed by atoms with Gasteiger partial charge in [0.15, 0.2) is 0 Å². The van der Waals surface area contributed by atoms with Crippen LogP contribution in [0.2, 0.25) is 0 Å². The van der Waals surface area contributed by atoms with Gasteiger partial charge < -0.3 is 5.73 Å². The highest BCUT2D eigenvalue weighted by Crippen LogP contribution is 2.31. The number of hydrogen-bond donors (Lipinski definition) is 1. The summed E-state index contributed by atoms with van der Waals surface area (Å²) >= 11 is 3.38. The first-order valence-corrected chi connectivity index (χ1v) is 7.35. The molecule has 0 heterocycles. The maximum Gasteiger partial charge on any atom is 0.130 e. The van der Waals surface area contributed by atoms with Gasteiger partial charge in [-0.15, -0.1) is 0 Å². The fourth-order valence-electron chi connectivity index (χ4n) is 2.64. The van der Waals surface area contributed by atoms with Crippen LogP contribution in [-0.4, -0.2) is 6.54 Å². The average Bonchev–Trinajstić information content (AvgIpc) is 2.41. The first-order chi connectivity index (χ1) is 8.70. The van der Waals surface area contributed by atoms with Crippen LogP contribution < -0.4 is 5.73 Å². The van der Waals surface area contributed by atoms with Crippen molar-refractivity contribution < 1.29 is 4.39 Å². The molecule has 1 aromatic carbocycles. The monoisotopic (exact) mass is 311 g/mol. The van der Waals surface area contributed by atoms with Crippen LogP contribution >= 0.6 is 15.9 Å². The summed E-state index contributed by atoms with van der Waals surface area (Å²) < 4.78 is 14.6. The van der Waals surface area contributed by atoms with Gasteiger partial charge in [0, 0.05) is 16.6 Å². The van der Waals surface area contributed by atoms with Gasteiger partial charge in [0.1, 0.15) is 5.82 Å². The highest BCUT2D eigenvalue weighted by atomic mass is 79.9. The molecule has 18 heavy (non-hydrogen) atoms. The molecular weight excluding hydrogens is 293 g/mol. The van der Waals surface area contributed by atoms with E-state index in [2.05, 4.69) is 15.9 Å². The number of benzene rings is 1. The molecule has 0 saturated heterocycles. The molecule has 1 aliphatic carbocycles. The molecule has 1 nitrogen and oxygen atoms in total. The standard InChI is InChI=1S/C15H19BrFN/c16-14-6-7-15(17)12(9-14)8-13(10-18)11-4-2-1-3-5-11/h6-9,11H,1-5,10,18H2. The van der Waals surface area contributed by atoms with E-state index < -0.39 is 0 Å². The van der Waals surface area contributed by atoms with Crippen LogP contribution in [0.1, 0.15) is 37.7 Å². The highest BCUT2D eigenvalue weighted by Gasteiger charge is 2.17. The second-order valence-corrected chi connectivity index (χ2v) is 5.84. The van der Waals surface area contributed by atoms with Crippen LogP contribution in [0.25, 0.3) is 6.08 Å². The van der Waals surface area contributed by atoms with Gasteiger partial charge in [-0.1, -0.05) is 46.8 Å². The molecule has 1 fully saturated rings. The molecule has 3 heteroatoms. The maximum absolute atomic E-state index is 13.7. The summed E-state index contributed by atoms with van der Waals surface area (Å²) in [6, 6.07) is 5.02. The minimum absolute atomic E-state index is 0.181. The van der Waals surface area contributed by atoms with Crippen LogP contribution in [0.15, 0.2) is 28.2 Å². The number of halogens is 2. The first-order valence-electron chi connectivity index (χ1n) is 6.56. The minimum atomic E-state index is -0.181. The Hall–Kier alpha value is -0.670. The lowest BCUT2D eigenvalue weighted by atomic mass is 9.83. The van der Waals surface area contributed by atoms with Gasteiger partial charge in [-0.05, 0) is 37.0 Å². The van der Waals surface area contributed by atoms with Crippen molar-refractivity contribution in [3.63, 3.8) is 0 Å². The van der Waals surface area contributed by atoms with Crippen molar-refractivity contribution in [1.29, 1.82) is 0 Å². The molecule has 0 aliphatic heterocycles. The normalized spacial score (nSPS) is 18.1. The second kappa shape index (κ2) is 6.48. The van der Waals surface area contributed by atoms with E-state index in [9.17, 15) is 4.39 Å². The Labute approximate surface area is 116 Å². The van der Waals surface area contributed by atoms with Gasteiger partial charge in [0.25, 0.3) is 0 Å². The Bertz CT molecular complexity index is 436. The molecule has 0 unspecified atom stereocenters. The molecule has 1 aliphatic rings. The smallest absolute Gasteiger partial charge is 0.130 e. The summed E-state index contributed by atoms with van der Waals surface area (Å²) in [4.78, 5) is 0. The zero-order chi connectivity index (χ0) is 13.0. The zero-order valence-electron chi connectivity index (χ0n) is 10.5. The molecule has 1 saturated carbocycles. The van der Waals surface area contributed by atoms with Gasteiger partial charge in [0.2, 0.25) is 0 Å². The summed E-state index contributed by atoms with van der Waals surface area (Å²) in [5.41, 5.74) is 7.66. The Balaban J connectivity index is 2.24. The van der Waals surface area contributed by atoms with E-state index in [-0.39, 0.29) is 5.82 Å². The highest BCUT2D eigenvalue weighted by molar-refractivity contribution is 9.10. The van der Waals surface area contributed by atoms with Crippen LogP contribution in [-0.2, 0) is 0 Å². The lowest BCUT2D eigenvalue weighted by Crippen LogP contribution is -2.16. The Morgan fingerprint density at radius 2 is 2.06 bits per heavy atom. The maximum atomic E-state index is 13.7. The quantitative estimate of drug-likeness (QED) is 0.873. The van der Waals surface area contributed by atoms with Crippen LogP contribution in [0.3, 0.4) is 0 Å². The van der Waals surface area contributed by atoms with E-state index in [0.717, 1.165) is 4.47 Å². The van der Waals surface area contributed by atoms with Gasteiger partial charge >= 0.3 is 0 Å². The molecule has 0 bridgehead atoms. The summed E-state index contributed by atoms with van der Waals surface area (Å²) in [5, 5.41) is 0. The Morgan fingerprint density at radius 3 is 2.72 bits per heavy atom. The molecule has 0 spiro atoms. The van der Waals surface area contributed by atoms with Crippen molar-refractivity contribution >= 4 is 22.0 Å². The van der Waals surface area contributed by atoms with Gasteiger partial charge in [-0.3, -0.25) is 0 Å². The lowest BCUT2D eigenvalue weighted by molar-refractivity contribution is 0.401. The van der Waals surface area contributed by atoms with Gasteiger partial charge in [0.05, 0.1) is 0 Å². The van der Waals surface area contributed by atoms with E-state index in [1.54, 1.807) is 6.07 Å². The number of rotatable bonds is 3. The molecule has 2 N–H and O–H groups in total. The van der Waals surface area contributed by atoms with E-state index in [1.165, 1.54) is 43.7 Å². The summed E-state index contributed by atoms with van der Waals surface area (Å²) in [7, 11) is 0. The topological polar surface area (TPSA) is 26.0 Å². The van der Waals surface area contributed by atoms with Crippen LogP contribution in [0.5, 0.6) is 0 Å². The minimum Gasteiger partial charge on any atom is -0.327 e. The number of hydrogen-bond acceptors (Lipinski definition) is 1. The van der Waals surface area contributed by atoms with Crippen molar-refractivity contribution in [3.05, 3.63) is 39.6 Å². The van der Waals surface area contributed by atoms with Gasteiger partial charge in [-0.25, -0.2) is 4.39 Å². The Kier molecular flexibility index (Phi) is 4.95. The second-order valence-electron chi connectivity index (χ2n) is 4.92. The van der Waals surface area contributed by atoms with E-state index in [0.29, 0.717) is 18.0 Å². The first kappa shape index (κ1) is 13.8. The van der Waals surface area contributed by atoms with Crippen LogP contribution in [0, 0.1) is 11.7 Å². The van der Waals surface area contributed by atoms with E-state index in [1.807, 2.05) is 12.1 Å². The summed E-state index contributed by atoms with van der Waals surface area (Å²) in [6.07, 6.45) is 8.18. The molecule has 2 rings (SSSR count). The van der Waals surface area contributed by atoms with Crippen molar-refractivity contribution in [2.24, 2.45) is 11.7 Å². The third-order valence-electron chi connectivity index (χ3n) is 3.66. The van der Waals surface area contributed by atoms with Crippen molar-refractivity contribution in [3.8, 4) is 0 Å². The van der Waals surface area contributed by atoms with E-state index in [4.69, 9.17) is 5.73 Å². The molecule has 0 radical (unpaired) electrons. The molecular formula is C15H19BrFN. The van der Waals surface area contributed by atoms with Crippen molar-refractivity contribution in [2.75, 3.05) is 6.54 Å². The largest absolute Gasteiger partial charge is 0.327 e. The Morgan fingerprint density at radius 1 is 1.33 bits per heavy atom. The van der Waals surface area contributed by atoms with E-state index >= 15 is 0 Å². The van der Waals surface area contributed by atoms with Crippen LogP contribution in [0.4, 0.5) is 4.39 Å². The molecule has 1 aromatic rings.